The van der Waals surface area contributed by atoms with Gasteiger partial charge in [0, 0.05) is 18.4 Å². The number of hydrogen-bond acceptors (Lipinski definition) is 5. The Bertz CT molecular complexity index is 601. The average molecular weight is 287 g/mol. The smallest absolute Gasteiger partial charge is 0.258 e. The van der Waals surface area contributed by atoms with E-state index in [1.54, 1.807) is 7.11 Å². The summed E-state index contributed by atoms with van der Waals surface area (Å²) in [6, 6.07) is 7.47. The van der Waals surface area contributed by atoms with Crippen molar-refractivity contribution in [1.29, 1.82) is 0 Å². The van der Waals surface area contributed by atoms with Crippen molar-refractivity contribution in [2.24, 2.45) is 0 Å². The summed E-state index contributed by atoms with van der Waals surface area (Å²) < 4.78 is 11.2. The fourth-order valence-electron chi connectivity index (χ4n) is 3.02. The Kier molecular flexibility index (Phi) is 3.92. The zero-order chi connectivity index (χ0) is 14.7. The number of hydrogen-bond donors (Lipinski definition) is 1. The predicted molar refractivity (Wildman–Crippen MR) is 80.5 cm³/mol. The van der Waals surface area contributed by atoms with Crippen molar-refractivity contribution in [1.82, 2.24) is 10.1 Å². The van der Waals surface area contributed by atoms with E-state index in [1.165, 1.54) is 12.8 Å². The minimum Gasteiger partial charge on any atom is -0.399 e. The number of benzene rings is 1. The summed E-state index contributed by atoms with van der Waals surface area (Å²) in [6.07, 6.45) is 6.64. The van der Waals surface area contributed by atoms with E-state index in [4.69, 9.17) is 15.0 Å². The van der Waals surface area contributed by atoms with Gasteiger partial charge in [0.25, 0.3) is 5.89 Å². The molecular formula is C16H21N3O2. The van der Waals surface area contributed by atoms with Crippen LogP contribution in [0.2, 0.25) is 0 Å². The molecule has 1 fully saturated rings. The molecule has 0 unspecified atom stereocenters. The first kappa shape index (κ1) is 14.1. The third kappa shape index (κ3) is 2.78. The van der Waals surface area contributed by atoms with Gasteiger partial charge in [-0.3, -0.25) is 0 Å². The molecular weight excluding hydrogens is 266 g/mol. The molecule has 1 aromatic heterocycles. The van der Waals surface area contributed by atoms with Crippen LogP contribution >= 0.6 is 0 Å². The zero-order valence-electron chi connectivity index (χ0n) is 12.3. The Morgan fingerprint density at radius 3 is 2.62 bits per heavy atom. The van der Waals surface area contributed by atoms with Gasteiger partial charge in [-0.2, -0.15) is 4.98 Å². The lowest BCUT2D eigenvalue weighted by molar-refractivity contribution is -0.0365. The van der Waals surface area contributed by atoms with Crippen LogP contribution in [0.4, 0.5) is 5.69 Å². The number of ether oxygens (including phenoxy) is 1. The van der Waals surface area contributed by atoms with Gasteiger partial charge in [-0.15, -0.1) is 0 Å². The van der Waals surface area contributed by atoms with Crippen LogP contribution in [0.3, 0.4) is 0 Å². The predicted octanol–water partition coefficient (Wildman–Crippen LogP) is 3.51. The first-order valence-corrected chi connectivity index (χ1v) is 7.49. The fraction of sp³-hybridized carbons (Fsp3) is 0.500. The molecule has 1 aromatic carbocycles. The van der Waals surface area contributed by atoms with Crippen LogP contribution < -0.4 is 5.73 Å². The second-order valence-electron chi connectivity index (χ2n) is 5.66. The number of aromatic nitrogens is 2. The summed E-state index contributed by atoms with van der Waals surface area (Å²) in [4.78, 5) is 4.57. The Morgan fingerprint density at radius 1 is 1.19 bits per heavy atom. The lowest BCUT2D eigenvalue weighted by Crippen LogP contribution is -2.29. The first-order valence-electron chi connectivity index (χ1n) is 7.49. The van der Waals surface area contributed by atoms with E-state index < -0.39 is 5.60 Å². The van der Waals surface area contributed by atoms with Crippen LogP contribution in [0.1, 0.15) is 44.3 Å². The summed E-state index contributed by atoms with van der Waals surface area (Å²) in [5.74, 6) is 1.15. The Balaban J connectivity index is 1.92. The van der Waals surface area contributed by atoms with E-state index in [2.05, 4.69) is 10.1 Å². The standard InChI is InChI=1S/C16H21N3O2/c1-20-16(9-4-2-3-5-10-16)15-18-14(21-19-15)12-7-6-8-13(17)11-12/h6-8,11H,2-5,9-10,17H2,1H3. The maximum absolute atomic E-state index is 5.81. The molecule has 1 saturated carbocycles. The van der Waals surface area contributed by atoms with Gasteiger partial charge in [0.15, 0.2) is 0 Å². The second-order valence-corrected chi connectivity index (χ2v) is 5.66. The molecule has 2 aromatic rings. The Hall–Kier alpha value is -1.88. The number of rotatable bonds is 3. The SMILES string of the molecule is COC1(c2noc(-c3cccc(N)c3)n2)CCCCCC1. The largest absolute Gasteiger partial charge is 0.399 e. The van der Waals surface area contributed by atoms with Crippen molar-refractivity contribution < 1.29 is 9.26 Å². The van der Waals surface area contributed by atoms with Gasteiger partial charge in [-0.05, 0) is 31.0 Å². The van der Waals surface area contributed by atoms with E-state index >= 15 is 0 Å². The highest BCUT2D eigenvalue weighted by Gasteiger charge is 2.37. The van der Waals surface area contributed by atoms with Crippen LogP contribution in [0, 0.1) is 0 Å². The molecule has 5 nitrogen and oxygen atoms in total. The van der Waals surface area contributed by atoms with Crippen LogP contribution in [0.15, 0.2) is 28.8 Å². The highest BCUT2D eigenvalue weighted by atomic mass is 16.5. The second kappa shape index (κ2) is 5.85. The molecule has 0 aliphatic heterocycles. The molecule has 1 aliphatic rings. The molecule has 112 valence electrons. The molecule has 2 N–H and O–H groups in total. The van der Waals surface area contributed by atoms with Crippen molar-refractivity contribution in [3.8, 4) is 11.5 Å². The topological polar surface area (TPSA) is 74.2 Å². The maximum atomic E-state index is 5.81. The van der Waals surface area contributed by atoms with Gasteiger partial charge in [0.05, 0.1) is 0 Å². The van der Waals surface area contributed by atoms with Gasteiger partial charge in [0.2, 0.25) is 5.82 Å². The van der Waals surface area contributed by atoms with Gasteiger partial charge in [-0.1, -0.05) is 36.9 Å². The monoisotopic (exact) mass is 287 g/mol. The third-order valence-electron chi connectivity index (χ3n) is 4.27. The molecule has 0 spiro atoms. The summed E-state index contributed by atoms with van der Waals surface area (Å²) in [5, 5.41) is 4.18. The maximum Gasteiger partial charge on any atom is 0.258 e. The number of anilines is 1. The van der Waals surface area contributed by atoms with Crippen molar-refractivity contribution in [3.05, 3.63) is 30.1 Å². The highest BCUT2D eigenvalue weighted by molar-refractivity contribution is 5.59. The summed E-state index contributed by atoms with van der Waals surface area (Å²) in [6.45, 7) is 0. The minimum atomic E-state index is -0.404. The van der Waals surface area contributed by atoms with E-state index in [0.29, 0.717) is 17.4 Å². The molecule has 3 rings (SSSR count). The molecule has 0 amide bonds. The Morgan fingerprint density at radius 2 is 1.95 bits per heavy atom. The van der Waals surface area contributed by atoms with Gasteiger partial charge in [-0.25, -0.2) is 0 Å². The summed E-state index contributed by atoms with van der Waals surface area (Å²) in [5.41, 5.74) is 6.92. The number of nitrogens with zero attached hydrogens (tertiary/aromatic N) is 2. The molecule has 5 heteroatoms. The third-order valence-corrected chi connectivity index (χ3v) is 4.27. The van der Waals surface area contributed by atoms with Crippen molar-refractivity contribution in [2.75, 3.05) is 12.8 Å². The molecule has 1 aliphatic carbocycles. The lowest BCUT2D eigenvalue weighted by atomic mass is 9.93. The van der Waals surface area contributed by atoms with Crippen LogP contribution in [-0.2, 0) is 10.3 Å². The van der Waals surface area contributed by atoms with Gasteiger partial charge in [0.1, 0.15) is 5.60 Å². The minimum absolute atomic E-state index is 0.404. The quantitative estimate of drug-likeness (QED) is 0.690. The highest BCUT2D eigenvalue weighted by Crippen LogP contribution is 2.38. The molecule has 0 atom stereocenters. The van der Waals surface area contributed by atoms with Crippen molar-refractivity contribution in [2.45, 2.75) is 44.1 Å². The number of nitrogens with two attached hydrogens (primary N) is 1. The Labute approximate surface area is 124 Å². The summed E-state index contributed by atoms with van der Waals surface area (Å²) >= 11 is 0. The van der Waals surface area contributed by atoms with Gasteiger partial charge >= 0.3 is 0 Å². The van der Waals surface area contributed by atoms with Crippen LogP contribution in [0.25, 0.3) is 11.5 Å². The molecule has 21 heavy (non-hydrogen) atoms. The molecule has 0 bridgehead atoms. The normalized spacial score (nSPS) is 18.3. The van der Waals surface area contributed by atoms with E-state index in [-0.39, 0.29) is 0 Å². The van der Waals surface area contributed by atoms with E-state index in [0.717, 1.165) is 31.2 Å². The van der Waals surface area contributed by atoms with Crippen LogP contribution in [0.5, 0.6) is 0 Å². The van der Waals surface area contributed by atoms with Gasteiger partial charge < -0.3 is 15.0 Å². The number of nitrogen functional groups attached to an aromatic ring is 1. The first-order chi connectivity index (χ1) is 10.2. The van der Waals surface area contributed by atoms with E-state index in [9.17, 15) is 0 Å². The molecule has 1 heterocycles. The fourth-order valence-corrected chi connectivity index (χ4v) is 3.02. The van der Waals surface area contributed by atoms with Crippen molar-refractivity contribution >= 4 is 5.69 Å². The average Bonchev–Trinajstić information content (AvgIpc) is 2.87. The van der Waals surface area contributed by atoms with Crippen molar-refractivity contribution in [3.63, 3.8) is 0 Å². The van der Waals surface area contributed by atoms with E-state index in [1.807, 2.05) is 24.3 Å². The molecule has 0 radical (unpaired) electrons. The lowest BCUT2D eigenvalue weighted by Gasteiger charge is -2.27. The zero-order valence-corrected chi connectivity index (χ0v) is 12.3. The number of methoxy groups -OCH3 is 1. The molecule has 0 saturated heterocycles. The van der Waals surface area contributed by atoms with Crippen LogP contribution in [-0.4, -0.2) is 17.3 Å². The summed E-state index contributed by atoms with van der Waals surface area (Å²) in [7, 11) is 1.74.